The second-order valence-electron chi connectivity index (χ2n) is 3.54. The molecule has 1 aromatic heterocycles. The Morgan fingerprint density at radius 1 is 1.46 bits per heavy atom. The van der Waals surface area contributed by atoms with Crippen LogP contribution in [0.3, 0.4) is 0 Å². The van der Waals surface area contributed by atoms with Crippen molar-refractivity contribution in [2.24, 2.45) is 5.92 Å². The van der Waals surface area contributed by atoms with Crippen molar-refractivity contribution in [3.05, 3.63) is 33.1 Å². The van der Waals surface area contributed by atoms with Crippen LogP contribution in [0.1, 0.15) is 19.3 Å². The van der Waals surface area contributed by atoms with Gasteiger partial charge >= 0.3 is 5.69 Å². The van der Waals surface area contributed by atoms with Crippen LogP contribution in [0, 0.1) is 5.92 Å². The molecular weight excluding hydrogens is 168 g/mol. The summed E-state index contributed by atoms with van der Waals surface area (Å²) in [6.45, 7) is 0.722. The van der Waals surface area contributed by atoms with Crippen LogP contribution in [0.5, 0.6) is 0 Å². The van der Waals surface area contributed by atoms with Crippen molar-refractivity contribution in [2.45, 2.75) is 25.8 Å². The van der Waals surface area contributed by atoms with E-state index in [1.54, 1.807) is 10.8 Å². The lowest BCUT2D eigenvalue weighted by atomic mass is 10.3. The summed E-state index contributed by atoms with van der Waals surface area (Å²) in [6, 6.07) is 1.38. The van der Waals surface area contributed by atoms with Crippen LogP contribution in [0.2, 0.25) is 0 Å². The van der Waals surface area contributed by atoms with Crippen molar-refractivity contribution >= 4 is 0 Å². The highest BCUT2D eigenvalue weighted by atomic mass is 16.2. The monoisotopic (exact) mass is 180 g/mol. The molecule has 4 nitrogen and oxygen atoms in total. The van der Waals surface area contributed by atoms with Crippen LogP contribution in [0.4, 0.5) is 0 Å². The van der Waals surface area contributed by atoms with Gasteiger partial charge in [-0.1, -0.05) is 12.8 Å². The number of aromatic amines is 1. The van der Waals surface area contributed by atoms with Gasteiger partial charge in [0.25, 0.3) is 5.56 Å². The van der Waals surface area contributed by atoms with Gasteiger partial charge in [-0.3, -0.25) is 9.78 Å². The minimum Gasteiger partial charge on any atom is -0.301 e. The van der Waals surface area contributed by atoms with Gasteiger partial charge in [0.2, 0.25) is 0 Å². The Bertz CT molecular complexity index is 401. The third kappa shape index (κ3) is 2.08. The van der Waals surface area contributed by atoms with E-state index >= 15 is 0 Å². The Morgan fingerprint density at radius 2 is 2.23 bits per heavy atom. The molecule has 1 heterocycles. The Balaban J connectivity index is 2.10. The molecule has 1 aliphatic rings. The first-order valence-electron chi connectivity index (χ1n) is 4.55. The van der Waals surface area contributed by atoms with E-state index in [9.17, 15) is 9.59 Å². The number of hydrogen-bond acceptors (Lipinski definition) is 2. The van der Waals surface area contributed by atoms with Crippen molar-refractivity contribution < 1.29 is 0 Å². The quantitative estimate of drug-likeness (QED) is 0.729. The van der Waals surface area contributed by atoms with Gasteiger partial charge in [-0.15, -0.1) is 0 Å². The molecule has 1 N–H and O–H groups in total. The topological polar surface area (TPSA) is 54.9 Å². The first-order chi connectivity index (χ1) is 6.25. The highest BCUT2D eigenvalue weighted by Crippen LogP contribution is 2.32. The molecule has 2 rings (SSSR count). The summed E-state index contributed by atoms with van der Waals surface area (Å²) in [5.41, 5.74) is -0.624. The SMILES string of the molecule is O=c1ccn(CCC2CC2)c(=O)[nH]1. The molecule has 70 valence electrons. The highest BCUT2D eigenvalue weighted by Gasteiger charge is 2.20. The summed E-state index contributed by atoms with van der Waals surface area (Å²) in [4.78, 5) is 24.1. The normalized spacial score (nSPS) is 16.0. The predicted molar refractivity (Wildman–Crippen MR) is 48.7 cm³/mol. The van der Waals surface area contributed by atoms with E-state index in [1.807, 2.05) is 0 Å². The van der Waals surface area contributed by atoms with Crippen molar-refractivity contribution in [1.29, 1.82) is 0 Å². The van der Waals surface area contributed by atoms with Crippen LogP contribution >= 0.6 is 0 Å². The zero-order chi connectivity index (χ0) is 9.26. The van der Waals surface area contributed by atoms with E-state index < -0.39 is 0 Å². The number of nitrogens with one attached hydrogen (secondary N) is 1. The number of rotatable bonds is 3. The largest absolute Gasteiger partial charge is 0.328 e. The molecule has 1 fully saturated rings. The summed E-state index contributed by atoms with van der Waals surface area (Å²) in [6.07, 6.45) is 5.19. The summed E-state index contributed by atoms with van der Waals surface area (Å²) in [7, 11) is 0. The Kier molecular flexibility index (Phi) is 2.04. The first kappa shape index (κ1) is 8.29. The Labute approximate surface area is 75.2 Å². The second-order valence-corrected chi connectivity index (χ2v) is 3.54. The second kappa shape index (κ2) is 3.20. The van der Waals surface area contributed by atoms with Crippen molar-refractivity contribution in [1.82, 2.24) is 9.55 Å². The fourth-order valence-corrected chi connectivity index (χ4v) is 1.35. The smallest absolute Gasteiger partial charge is 0.301 e. The Hall–Kier alpha value is -1.32. The van der Waals surface area contributed by atoms with Gasteiger partial charge in [0, 0.05) is 18.8 Å². The summed E-state index contributed by atoms with van der Waals surface area (Å²) >= 11 is 0. The maximum atomic E-state index is 11.2. The first-order valence-corrected chi connectivity index (χ1v) is 4.55. The molecule has 0 atom stereocenters. The van der Waals surface area contributed by atoms with Gasteiger partial charge < -0.3 is 4.57 Å². The minimum atomic E-state index is -0.326. The lowest BCUT2D eigenvalue weighted by Gasteiger charge is -2.01. The number of aryl methyl sites for hydroxylation is 1. The van der Waals surface area contributed by atoms with Crippen molar-refractivity contribution in [3.63, 3.8) is 0 Å². The molecule has 13 heavy (non-hydrogen) atoms. The molecule has 0 unspecified atom stereocenters. The number of H-pyrrole nitrogens is 1. The van der Waals surface area contributed by atoms with E-state index in [-0.39, 0.29) is 11.2 Å². The maximum absolute atomic E-state index is 11.2. The fraction of sp³-hybridized carbons (Fsp3) is 0.556. The molecular formula is C9H12N2O2. The fourth-order valence-electron chi connectivity index (χ4n) is 1.35. The lowest BCUT2D eigenvalue weighted by molar-refractivity contribution is 0.568. The molecule has 1 aliphatic carbocycles. The van der Waals surface area contributed by atoms with E-state index in [0.29, 0.717) is 0 Å². The molecule has 4 heteroatoms. The van der Waals surface area contributed by atoms with E-state index in [2.05, 4.69) is 4.98 Å². The lowest BCUT2D eigenvalue weighted by Crippen LogP contribution is -2.28. The van der Waals surface area contributed by atoms with Gasteiger partial charge in [-0.05, 0) is 12.3 Å². The van der Waals surface area contributed by atoms with Gasteiger partial charge in [-0.2, -0.15) is 0 Å². The summed E-state index contributed by atoms with van der Waals surface area (Å²) in [5, 5.41) is 0. The van der Waals surface area contributed by atoms with Gasteiger partial charge in [0.15, 0.2) is 0 Å². The zero-order valence-corrected chi connectivity index (χ0v) is 7.32. The molecule has 0 radical (unpaired) electrons. The van der Waals surface area contributed by atoms with Crippen LogP contribution in [0.15, 0.2) is 21.9 Å². The average molecular weight is 180 g/mol. The van der Waals surface area contributed by atoms with Crippen LogP contribution in [-0.4, -0.2) is 9.55 Å². The summed E-state index contributed by atoms with van der Waals surface area (Å²) < 4.78 is 1.56. The third-order valence-corrected chi connectivity index (χ3v) is 2.37. The molecule has 0 bridgehead atoms. The molecule has 1 saturated carbocycles. The molecule has 1 aromatic rings. The third-order valence-electron chi connectivity index (χ3n) is 2.37. The van der Waals surface area contributed by atoms with E-state index in [0.717, 1.165) is 18.9 Å². The van der Waals surface area contributed by atoms with Crippen LogP contribution in [-0.2, 0) is 6.54 Å². The van der Waals surface area contributed by atoms with Crippen molar-refractivity contribution in [3.8, 4) is 0 Å². The number of hydrogen-bond donors (Lipinski definition) is 1. The van der Waals surface area contributed by atoms with Crippen molar-refractivity contribution in [2.75, 3.05) is 0 Å². The Morgan fingerprint density at radius 3 is 2.85 bits per heavy atom. The van der Waals surface area contributed by atoms with E-state index in [4.69, 9.17) is 0 Å². The van der Waals surface area contributed by atoms with Crippen LogP contribution < -0.4 is 11.2 Å². The maximum Gasteiger partial charge on any atom is 0.328 e. The molecule has 0 aromatic carbocycles. The van der Waals surface area contributed by atoms with E-state index in [1.165, 1.54) is 18.9 Å². The molecule has 0 amide bonds. The standard InChI is InChI=1S/C9H12N2O2/c12-8-4-6-11(9(13)10-8)5-3-7-1-2-7/h4,6-7H,1-3,5H2,(H,10,12,13). The average Bonchev–Trinajstić information content (AvgIpc) is 2.86. The molecule has 0 aliphatic heterocycles. The number of aromatic nitrogens is 2. The predicted octanol–water partition coefficient (Wildman–Crippen LogP) is 0.337. The van der Waals surface area contributed by atoms with Gasteiger partial charge in [-0.25, -0.2) is 4.79 Å². The summed E-state index contributed by atoms with van der Waals surface area (Å²) in [5.74, 6) is 0.804. The zero-order valence-electron chi connectivity index (χ0n) is 7.32. The highest BCUT2D eigenvalue weighted by molar-refractivity contribution is 4.83. The van der Waals surface area contributed by atoms with Gasteiger partial charge in [0.1, 0.15) is 0 Å². The minimum absolute atomic E-state index is 0.298. The molecule has 0 saturated heterocycles. The van der Waals surface area contributed by atoms with Gasteiger partial charge in [0.05, 0.1) is 0 Å². The number of nitrogens with zero attached hydrogens (tertiary/aromatic N) is 1. The van der Waals surface area contributed by atoms with Crippen LogP contribution in [0.25, 0.3) is 0 Å². The molecule has 0 spiro atoms.